The maximum Gasteiger partial charge on any atom is 0.247 e. The molecule has 572 valence electrons. The van der Waals surface area contributed by atoms with Crippen molar-refractivity contribution in [2.75, 3.05) is 108 Å². The molecule has 5 aromatic rings. The van der Waals surface area contributed by atoms with E-state index < -0.39 is 89.9 Å². The van der Waals surface area contributed by atoms with Crippen LogP contribution in [0.5, 0.6) is 11.5 Å². The second kappa shape index (κ2) is 39.8. The van der Waals surface area contributed by atoms with Gasteiger partial charge in [0.15, 0.2) is 6.29 Å². The Kier molecular flexibility index (Phi) is 30.9. The van der Waals surface area contributed by atoms with Crippen molar-refractivity contribution in [3.8, 4) is 22.8 Å². The smallest absolute Gasteiger partial charge is 0.247 e. The monoisotopic (exact) mass is 1500 g/mol. The summed E-state index contributed by atoms with van der Waals surface area (Å²) in [6.07, 6.45) is 1.02. The van der Waals surface area contributed by atoms with Crippen molar-refractivity contribution in [3.63, 3.8) is 0 Å². The first-order chi connectivity index (χ1) is 50.5. The number of fused-ring (bicyclic) bond motifs is 3. The highest BCUT2D eigenvalue weighted by molar-refractivity contribution is 6.31. The van der Waals surface area contributed by atoms with Gasteiger partial charge in [-0.05, 0) is 112 Å². The lowest BCUT2D eigenvalue weighted by Gasteiger charge is -2.42. The molecule has 27 nitrogen and oxygen atoms in total. The molecule has 0 spiro atoms. The van der Waals surface area contributed by atoms with E-state index in [1.54, 1.807) is 49.3 Å². The lowest BCUT2D eigenvalue weighted by Crippen LogP contribution is -2.66. The average Bonchev–Trinajstić information content (AvgIpc) is 1.61. The Hall–Kier alpha value is -7.64. The molecule has 3 saturated heterocycles. The van der Waals surface area contributed by atoms with E-state index in [0.29, 0.717) is 40.7 Å². The van der Waals surface area contributed by atoms with Gasteiger partial charge in [0.25, 0.3) is 0 Å². The summed E-state index contributed by atoms with van der Waals surface area (Å²) in [5, 5.41) is 34.0. The molecule has 4 heterocycles. The SMILES string of the molecule is COC[C@@H]1NC(=O)[C@H](CCCNC(=O)CCOCCOCCOCCOC[C@@]23CO[C@@H](O2)[C@H](NC(C)=O)[C@@H](O)[C@H]3O)N(Cc2ccc(Cl)cc2Oc2ccc(-c3cnc(CN(C)C)n3C)cc2)C(=O)C[C@@H](Cc2ccccc2)C(=O)N(C)[C@H]2CCCC[C@@H]2NC(=O)C[C@H](Cc2ccc(Cl)cc2)N(C)C1=O. The minimum Gasteiger partial charge on any atom is -0.457 e. The molecule has 2 bridgehead atoms. The minimum atomic E-state index is -1.36. The Labute approximate surface area is 624 Å². The van der Waals surface area contributed by atoms with Crippen LogP contribution in [0.4, 0.5) is 0 Å². The molecule has 1 aliphatic carbocycles. The molecule has 4 aliphatic rings. The normalized spacial score (nSPS) is 24.3. The van der Waals surface area contributed by atoms with Gasteiger partial charge in [-0.25, -0.2) is 4.98 Å². The van der Waals surface area contributed by atoms with Gasteiger partial charge in [-0.1, -0.05) is 84.6 Å². The van der Waals surface area contributed by atoms with E-state index in [1.807, 2.05) is 104 Å². The maximum atomic E-state index is 16.1. The van der Waals surface area contributed by atoms with E-state index in [9.17, 15) is 24.6 Å². The van der Waals surface area contributed by atoms with Gasteiger partial charge >= 0.3 is 0 Å². The highest BCUT2D eigenvalue weighted by atomic mass is 35.5. The van der Waals surface area contributed by atoms with Crippen molar-refractivity contribution in [2.24, 2.45) is 13.0 Å². The molecule has 9 rings (SSSR count). The van der Waals surface area contributed by atoms with Crippen molar-refractivity contribution in [3.05, 3.63) is 136 Å². The predicted octanol–water partition coefficient (Wildman–Crippen LogP) is 5.39. The number of aliphatic hydroxyl groups is 2. The van der Waals surface area contributed by atoms with Crippen LogP contribution in [0, 0.1) is 5.92 Å². The van der Waals surface area contributed by atoms with Gasteiger partial charge in [0, 0.05) is 94.2 Å². The van der Waals surface area contributed by atoms with Gasteiger partial charge in [0.05, 0.1) is 103 Å². The second-order valence-electron chi connectivity index (χ2n) is 27.6. The highest BCUT2D eigenvalue weighted by Gasteiger charge is 2.59. The van der Waals surface area contributed by atoms with Gasteiger partial charge < -0.3 is 93.5 Å². The molecule has 4 aromatic carbocycles. The molecule has 1 aromatic heterocycles. The molecule has 0 radical (unpaired) electrons. The number of imidazole rings is 1. The van der Waals surface area contributed by atoms with Crippen molar-refractivity contribution < 1.29 is 81.7 Å². The largest absolute Gasteiger partial charge is 0.457 e. The fraction of sp³-hybridized carbons (Fsp3) is 0.553. The number of amides is 7. The van der Waals surface area contributed by atoms with Crippen molar-refractivity contribution in [2.45, 2.75) is 151 Å². The van der Waals surface area contributed by atoms with E-state index in [-0.39, 0.29) is 148 Å². The fourth-order valence-electron chi connectivity index (χ4n) is 13.9. The van der Waals surface area contributed by atoms with Crippen LogP contribution in [0.2, 0.25) is 10.0 Å². The van der Waals surface area contributed by atoms with E-state index in [1.165, 1.54) is 23.8 Å². The Bertz CT molecular complexity index is 3670. The third-order valence-corrected chi connectivity index (χ3v) is 20.1. The van der Waals surface area contributed by atoms with Crippen LogP contribution < -0.4 is 26.0 Å². The molecule has 1 saturated carbocycles. The molecule has 4 fully saturated rings. The van der Waals surface area contributed by atoms with E-state index in [4.69, 9.17) is 61.1 Å². The van der Waals surface area contributed by atoms with Gasteiger partial charge in [-0.2, -0.15) is 0 Å². The molecule has 0 unspecified atom stereocenters. The quantitative estimate of drug-likeness (QED) is 0.0294. The third kappa shape index (κ3) is 22.9. The summed E-state index contributed by atoms with van der Waals surface area (Å²) in [6.45, 7) is 2.69. The zero-order valence-electron chi connectivity index (χ0n) is 61.0. The number of aromatic nitrogens is 2. The van der Waals surface area contributed by atoms with Crippen LogP contribution >= 0.6 is 23.2 Å². The number of rotatable bonds is 32. The Balaban J connectivity index is 0.921. The summed E-state index contributed by atoms with van der Waals surface area (Å²) in [7, 11) is 10.6. The molecule has 3 aliphatic heterocycles. The number of benzene rings is 4. The molecule has 7 amide bonds. The Morgan fingerprint density at radius 2 is 1.46 bits per heavy atom. The number of aliphatic hydroxyl groups excluding tert-OH is 2. The van der Waals surface area contributed by atoms with Gasteiger partial charge in [-0.3, -0.25) is 33.6 Å². The number of nitrogens with one attached hydrogen (secondary N) is 4. The Morgan fingerprint density at radius 1 is 0.781 bits per heavy atom. The second-order valence-corrected chi connectivity index (χ2v) is 28.5. The first-order valence-corrected chi connectivity index (χ1v) is 36.7. The van der Waals surface area contributed by atoms with E-state index >= 15 is 19.2 Å². The Morgan fingerprint density at radius 3 is 2.15 bits per heavy atom. The van der Waals surface area contributed by atoms with Crippen molar-refractivity contribution in [1.82, 2.24) is 50.4 Å². The van der Waals surface area contributed by atoms with Crippen LogP contribution in [0.25, 0.3) is 11.3 Å². The van der Waals surface area contributed by atoms with Crippen LogP contribution in [0.1, 0.15) is 87.2 Å². The number of likely N-dealkylation sites (N-methyl/N-ethyl adjacent to an activating group) is 2. The summed E-state index contributed by atoms with van der Waals surface area (Å²) in [6, 6.07) is 23.8. The zero-order valence-corrected chi connectivity index (χ0v) is 62.5. The summed E-state index contributed by atoms with van der Waals surface area (Å²) in [5.74, 6) is -2.56. The number of halogens is 2. The summed E-state index contributed by atoms with van der Waals surface area (Å²) < 4.78 is 48.6. The summed E-state index contributed by atoms with van der Waals surface area (Å²) >= 11 is 13.1. The summed E-state index contributed by atoms with van der Waals surface area (Å²) in [5.41, 5.74) is 2.56. The number of ether oxygens (including phenoxy) is 8. The van der Waals surface area contributed by atoms with Crippen LogP contribution in [-0.2, 0) is 99.7 Å². The predicted molar refractivity (Wildman–Crippen MR) is 391 cm³/mol. The fourth-order valence-corrected chi connectivity index (χ4v) is 14.2. The first-order valence-electron chi connectivity index (χ1n) is 35.9. The maximum absolute atomic E-state index is 16.1. The number of methoxy groups -OCH3 is 1. The van der Waals surface area contributed by atoms with Crippen molar-refractivity contribution >= 4 is 64.6 Å². The van der Waals surface area contributed by atoms with Crippen molar-refractivity contribution in [1.29, 1.82) is 0 Å². The lowest BCUT2D eigenvalue weighted by atomic mass is 9.87. The molecule has 11 atom stereocenters. The molecule has 6 N–H and O–H groups in total. The average molecular weight is 1500 g/mol. The number of hydrogen-bond donors (Lipinski definition) is 6. The molecule has 29 heteroatoms. The van der Waals surface area contributed by atoms with E-state index in [2.05, 4.69) is 26.3 Å². The van der Waals surface area contributed by atoms with E-state index in [0.717, 1.165) is 41.1 Å². The number of hydrogen-bond acceptors (Lipinski definition) is 19. The zero-order chi connectivity index (χ0) is 75.2. The standard InChI is InChI=1S/C76H102Cl2N10O17/c1-49(89)81-69-70(93)71(94)76(48-103-75(69)105-76)47-102-37-36-101-35-34-100-33-32-99-31-29-66(90)79-30-13-18-62-72(95)83-60(46-98-7)74(97)85(4)57(39-51-19-24-55(77)25-20-51)42-67(91)82-59-16-11-12-17-61(59)87(6)73(96)54(38-50-14-9-8-10-15-50)40-68(92)88(62)44-53-21-26-56(78)41-64(53)104-58-27-22-52(23-28-58)63-43-80-65(86(63)5)45-84(2)3/h8-10,14-15,19-28,41,43,54,57,59-62,69-71,75,93-94H,11-13,16-18,29-40,42,44-48H2,1-7H3,(H,79,90)(H,81,89)(H,82,91)(H,83,95)/t54-,57+,59+,60+,61+,62+,69-,70-,71-,75+,76+/m1/s1. The van der Waals surface area contributed by atoms with Crippen LogP contribution in [0.15, 0.2) is 103 Å². The third-order valence-electron chi connectivity index (χ3n) is 19.6. The minimum absolute atomic E-state index is 0.00635. The van der Waals surface area contributed by atoms with Gasteiger partial charge in [0.2, 0.25) is 41.4 Å². The first kappa shape index (κ1) is 81.4. The number of carbonyl (C=O) groups excluding carboxylic acids is 7. The van der Waals surface area contributed by atoms with Gasteiger partial charge in [-0.15, -0.1) is 0 Å². The number of carbonyl (C=O) groups is 7. The highest BCUT2D eigenvalue weighted by Crippen LogP contribution is 2.38. The summed E-state index contributed by atoms with van der Waals surface area (Å²) in [4.78, 5) is 113. The lowest BCUT2D eigenvalue weighted by molar-refractivity contribution is -0.238. The molecular formula is C76H102Cl2N10O17. The van der Waals surface area contributed by atoms with Crippen LogP contribution in [-0.4, -0.2) is 249 Å². The molecular weight excluding hydrogens is 1400 g/mol. The molecule has 105 heavy (non-hydrogen) atoms. The topological polar surface area (TPSA) is 313 Å². The van der Waals surface area contributed by atoms with Crippen LogP contribution in [0.3, 0.4) is 0 Å². The van der Waals surface area contributed by atoms with Gasteiger partial charge in [0.1, 0.15) is 53.3 Å². The number of nitrogens with zero attached hydrogens (tertiary/aromatic N) is 6.